The molecule has 86 valence electrons. The number of nitrogens with zero attached hydrogens (tertiary/aromatic N) is 3. The topological polar surface area (TPSA) is 82.9 Å². The molecule has 0 fully saturated rings. The quantitative estimate of drug-likeness (QED) is 0.344. The van der Waals surface area contributed by atoms with E-state index in [1.54, 1.807) is 24.3 Å². The molecule has 0 unspecified atom stereocenters. The molecule has 0 spiro atoms. The van der Waals surface area contributed by atoms with E-state index in [-0.39, 0.29) is 5.78 Å². The lowest BCUT2D eigenvalue weighted by atomic mass is 10.1. The number of Topliss-reactive ketones (excluding diaryl/α,β-unsaturated/α-hetero) is 1. The molecule has 0 N–H and O–H groups in total. The fraction of sp³-hybridized carbons (Fsp3) is 0.167. The van der Waals surface area contributed by atoms with E-state index in [4.69, 9.17) is 5.53 Å². The zero-order valence-corrected chi connectivity index (χ0v) is 9.33. The summed E-state index contributed by atoms with van der Waals surface area (Å²) in [5.41, 5.74) is 9.71. The van der Waals surface area contributed by atoms with E-state index in [1.807, 2.05) is 6.07 Å². The minimum absolute atomic E-state index is 0.0799. The van der Waals surface area contributed by atoms with Crippen molar-refractivity contribution in [2.24, 2.45) is 5.11 Å². The first-order valence-electron chi connectivity index (χ1n) is 4.97. The monoisotopic (exact) mass is 229 g/mol. The van der Waals surface area contributed by atoms with Gasteiger partial charge in [0.1, 0.15) is 5.78 Å². The fourth-order valence-electron chi connectivity index (χ4n) is 1.34. The van der Waals surface area contributed by atoms with Gasteiger partial charge in [-0.2, -0.15) is 0 Å². The average molecular weight is 229 g/mol. The average Bonchev–Trinajstić information content (AvgIpc) is 2.26. The third-order valence-electron chi connectivity index (χ3n) is 1.97. The van der Waals surface area contributed by atoms with E-state index in [0.717, 1.165) is 11.1 Å². The molecule has 0 aromatic heterocycles. The first kappa shape index (κ1) is 12.7. The standard InChI is InChI=1S/C12H11N3O2/c1-9(16)7-11-4-2-3-10(8-11)5-6-12(17)14-15-13/h2-6,8H,7H2,1H3/b6-5+. The van der Waals surface area contributed by atoms with Gasteiger partial charge in [-0.3, -0.25) is 9.59 Å². The second-order valence-corrected chi connectivity index (χ2v) is 3.48. The number of hydrogen-bond donors (Lipinski definition) is 0. The molecular formula is C12H11N3O2. The summed E-state index contributed by atoms with van der Waals surface area (Å²) in [5.74, 6) is -0.569. The van der Waals surface area contributed by atoms with Gasteiger partial charge in [0.2, 0.25) is 5.91 Å². The highest BCUT2D eigenvalue weighted by Gasteiger charge is 1.98. The van der Waals surface area contributed by atoms with Crippen molar-refractivity contribution in [2.45, 2.75) is 13.3 Å². The highest BCUT2D eigenvalue weighted by Crippen LogP contribution is 2.08. The molecule has 0 radical (unpaired) electrons. The molecule has 0 heterocycles. The lowest BCUT2D eigenvalue weighted by Gasteiger charge is -1.99. The smallest absolute Gasteiger partial charge is 0.242 e. The molecule has 0 atom stereocenters. The van der Waals surface area contributed by atoms with Crippen LogP contribution in [0, 0.1) is 0 Å². The molecule has 17 heavy (non-hydrogen) atoms. The third kappa shape index (κ3) is 4.77. The van der Waals surface area contributed by atoms with Crippen molar-refractivity contribution in [2.75, 3.05) is 0 Å². The van der Waals surface area contributed by atoms with E-state index < -0.39 is 5.91 Å². The van der Waals surface area contributed by atoms with Crippen LogP contribution in [0.4, 0.5) is 0 Å². The Morgan fingerprint density at radius 2 is 2.24 bits per heavy atom. The van der Waals surface area contributed by atoms with Crippen LogP contribution in [0.3, 0.4) is 0 Å². The summed E-state index contributed by atoms with van der Waals surface area (Å²) in [6, 6.07) is 7.24. The number of azide groups is 1. The van der Waals surface area contributed by atoms with Gasteiger partial charge < -0.3 is 0 Å². The summed E-state index contributed by atoms with van der Waals surface area (Å²) in [4.78, 5) is 24.3. The Balaban J connectivity index is 2.81. The van der Waals surface area contributed by atoms with Crippen LogP contribution >= 0.6 is 0 Å². The van der Waals surface area contributed by atoms with Crippen LogP contribution in [0.5, 0.6) is 0 Å². The van der Waals surface area contributed by atoms with Crippen LogP contribution in [0.25, 0.3) is 16.5 Å². The van der Waals surface area contributed by atoms with Crippen LogP contribution in [0.15, 0.2) is 35.5 Å². The molecule has 5 nitrogen and oxygen atoms in total. The first-order chi connectivity index (χ1) is 8.11. The Bertz CT molecular complexity index is 514. The van der Waals surface area contributed by atoms with Crippen molar-refractivity contribution in [3.63, 3.8) is 0 Å². The summed E-state index contributed by atoms with van der Waals surface area (Å²) in [7, 11) is 0. The maximum absolute atomic E-state index is 10.9. The fourth-order valence-corrected chi connectivity index (χ4v) is 1.34. The van der Waals surface area contributed by atoms with Gasteiger partial charge in [-0.1, -0.05) is 30.3 Å². The molecule has 1 amide bonds. The molecule has 0 saturated heterocycles. The summed E-state index contributed by atoms with van der Waals surface area (Å²) < 4.78 is 0. The zero-order valence-electron chi connectivity index (χ0n) is 9.33. The van der Waals surface area contributed by atoms with Crippen molar-refractivity contribution >= 4 is 17.8 Å². The minimum atomic E-state index is -0.649. The number of amides is 1. The van der Waals surface area contributed by atoms with Crippen LogP contribution in [-0.4, -0.2) is 11.7 Å². The van der Waals surface area contributed by atoms with Gasteiger partial charge in [0.25, 0.3) is 0 Å². The third-order valence-corrected chi connectivity index (χ3v) is 1.97. The van der Waals surface area contributed by atoms with Gasteiger partial charge in [-0.25, -0.2) is 0 Å². The molecule has 0 saturated carbocycles. The molecule has 0 aliphatic rings. The van der Waals surface area contributed by atoms with Gasteiger partial charge in [-0.15, -0.1) is 0 Å². The molecule has 1 rings (SSSR count). The number of carbonyl (C=O) groups is 2. The zero-order chi connectivity index (χ0) is 12.7. The molecule has 1 aromatic carbocycles. The van der Waals surface area contributed by atoms with Crippen molar-refractivity contribution < 1.29 is 9.59 Å². The summed E-state index contributed by atoms with van der Waals surface area (Å²) in [6.45, 7) is 1.52. The Morgan fingerprint density at radius 1 is 1.47 bits per heavy atom. The highest BCUT2D eigenvalue weighted by atomic mass is 16.1. The molecule has 5 heteroatoms. The number of ketones is 1. The predicted octanol–water partition coefficient (Wildman–Crippen LogP) is 2.67. The molecular weight excluding hydrogens is 218 g/mol. The lowest BCUT2D eigenvalue weighted by molar-refractivity contribution is -0.116. The molecule has 0 aliphatic carbocycles. The van der Waals surface area contributed by atoms with Crippen LogP contribution < -0.4 is 0 Å². The van der Waals surface area contributed by atoms with Crippen molar-refractivity contribution in [3.05, 3.63) is 51.9 Å². The van der Waals surface area contributed by atoms with E-state index in [0.29, 0.717) is 6.42 Å². The van der Waals surface area contributed by atoms with E-state index in [9.17, 15) is 9.59 Å². The largest absolute Gasteiger partial charge is 0.300 e. The Kier molecular flexibility index (Phi) is 4.66. The minimum Gasteiger partial charge on any atom is -0.300 e. The summed E-state index contributed by atoms with van der Waals surface area (Å²) in [5, 5.41) is 2.91. The Hall–Kier alpha value is -2.39. The van der Waals surface area contributed by atoms with E-state index in [2.05, 4.69) is 10.0 Å². The van der Waals surface area contributed by atoms with Gasteiger partial charge in [-0.05, 0) is 34.8 Å². The molecule has 0 aliphatic heterocycles. The van der Waals surface area contributed by atoms with E-state index >= 15 is 0 Å². The lowest BCUT2D eigenvalue weighted by Crippen LogP contribution is -1.96. The number of rotatable bonds is 4. The summed E-state index contributed by atoms with van der Waals surface area (Å²) >= 11 is 0. The Morgan fingerprint density at radius 3 is 2.88 bits per heavy atom. The second-order valence-electron chi connectivity index (χ2n) is 3.48. The van der Waals surface area contributed by atoms with Crippen LogP contribution in [0.2, 0.25) is 0 Å². The number of carbonyl (C=O) groups excluding carboxylic acids is 2. The predicted molar refractivity (Wildman–Crippen MR) is 64.0 cm³/mol. The highest BCUT2D eigenvalue weighted by molar-refractivity contribution is 5.92. The van der Waals surface area contributed by atoms with Gasteiger partial charge >= 0.3 is 0 Å². The first-order valence-corrected chi connectivity index (χ1v) is 4.97. The Labute approximate surface area is 98.4 Å². The number of hydrogen-bond acceptors (Lipinski definition) is 2. The van der Waals surface area contributed by atoms with Crippen molar-refractivity contribution in [1.82, 2.24) is 0 Å². The van der Waals surface area contributed by atoms with E-state index in [1.165, 1.54) is 13.0 Å². The van der Waals surface area contributed by atoms with Crippen molar-refractivity contribution in [3.8, 4) is 0 Å². The van der Waals surface area contributed by atoms with Gasteiger partial charge in [0.05, 0.1) is 0 Å². The second kappa shape index (κ2) is 6.25. The molecule has 1 aromatic rings. The van der Waals surface area contributed by atoms with Gasteiger partial charge in [0.15, 0.2) is 0 Å². The van der Waals surface area contributed by atoms with Gasteiger partial charge in [0, 0.05) is 11.3 Å². The van der Waals surface area contributed by atoms with Crippen molar-refractivity contribution in [1.29, 1.82) is 0 Å². The maximum Gasteiger partial charge on any atom is 0.242 e. The maximum atomic E-state index is 10.9. The number of benzene rings is 1. The molecule has 0 bridgehead atoms. The normalized spacial score (nSPS) is 9.94. The summed E-state index contributed by atoms with van der Waals surface area (Å²) in [6.07, 6.45) is 3.10. The SMILES string of the molecule is CC(=O)Cc1cccc(/C=C/C(=O)N=[N+]=[N-])c1. The van der Waals surface area contributed by atoms with Crippen LogP contribution in [-0.2, 0) is 16.0 Å². The van der Waals surface area contributed by atoms with Crippen LogP contribution in [0.1, 0.15) is 18.1 Å².